The molecule has 1 heterocycles. The molecule has 0 unspecified atom stereocenters. The number of aliphatic imine (C=N–C) groups is 1. The Bertz CT molecular complexity index is 369. The Hall–Kier alpha value is -0.0400. The second-order valence-electron chi connectivity index (χ2n) is 7.58. The van der Waals surface area contributed by atoms with Crippen molar-refractivity contribution in [1.29, 1.82) is 0 Å². The van der Waals surface area contributed by atoms with Crippen molar-refractivity contribution in [2.75, 3.05) is 33.2 Å². The number of guanidine groups is 1. The molecule has 0 amide bonds. The molecule has 2 saturated carbocycles. The topological polar surface area (TPSA) is 39.7 Å². The molecule has 0 atom stereocenters. The van der Waals surface area contributed by atoms with Crippen molar-refractivity contribution in [2.24, 2.45) is 10.9 Å². The van der Waals surface area contributed by atoms with Crippen LogP contribution in [0.3, 0.4) is 0 Å². The van der Waals surface area contributed by atoms with Crippen LogP contribution in [0, 0.1) is 5.92 Å². The largest absolute Gasteiger partial charge is 0.356 e. The van der Waals surface area contributed by atoms with Crippen molar-refractivity contribution in [2.45, 2.75) is 69.7 Å². The van der Waals surface area contributed by atoms with Gasteiger partial charge in [0.1, 0.15) is 0 Å². The molecule has 3 fully saturated rings. The Morgan fingerprint density at radius 1 is 1.00 bits per heavy atom. The molecule has 1 aliphatic heterocycles. The van der Waals surface area contributed by atoms with Gasteiger partial charge in [0.15, 0.2) is 5.96 Å². The molecule has 3 aliphatic rings. The molecule has 23 heavy (non-hydrogen) atoms. The first kappa shape index (κ1) is 19.3. The summed E-state index contributed by atoms with van der Waals surface area (Å²) in [6.45, 7) is 4.76. The van der Waals surface area contributed by atoms with E-state index in [1.165, 1.54) is 77.3 Å². The third-order valence-electron chi connectivity index (χ3n) is 5.87. The van der Waals surface area contributed by atoms with Gasteiger partial charge in [0, 0.05) is 25.7 Å². The fourth-order valence-corrected chi connectivity index (χ4v) is 4.21. The summed E-state index contributed by atoms with van der Waals surface area (Å²) in [6.07, 6.45) is 13.9. The fraction of sp³-hybridized carbons (Fsp3) is 0.944. The number of halogens is 1. The summed E-state index contributed by atoms with van der Waals surface area (Å²) in [4.78, 5) is 7.23. The smallest absolute Gasteiger partial charge is 0.191 e. The van der Waals surface area contributed by atoms with E-state index >= 15 is 0 Å². The van der Waals surface area contributed by atoms with Gasteiger partial charge in [-0.1, -0.05) is 25.7 Å². The minimum absolute atomic E-state index is 0. The molecule has 0 aromatic carbocycles. The summed E-state index contributed by atoms with van der Waals surface area (Å²) in [5.41, 5.74) is 0.385. The monoisotopic (exact) mass is 434 g/mol. The molecule has 2 aliphatic carbocycles. The summed E-state index contributed by atoms with van der Waals surface area (Å²) in [6, 6.07) is 0. The molecule has 0 aromatic heterocycles. The highest BCUT2D eigenvalue weighted by atomic mass is 127. The number of rotatable bonds is 5. The maximum absolute atomic E-state index is 4.42. The summed E-state index contributed by atoms with van der Waals surface area (Å²) in [5.74, 6) is 1.90. The number of nitrogens with zero attached hydrogens (tertiary/aromatic N) is 2. The summed E-state index contributed by atoms with van der Waals surface area (Å²) in [5, 5.41) is 7.17. The second kappa shape index (κ2) is 9.44. The van der Waals surface area contributed by atoms with Gasteiger partial charge in [-0.15, -0.1) is 24.0 Å². The van der Waals surface area contributed by atoms with Gasteiger partial charge in [-0.2, -0.15) is 0 Å². The van der Waals surface area contributed by atoms with Crippen molar-refractivity contribution in [3.05, 3.63) is 0 Å². The molecule has 134 valence electrons. The van der Waals surface area contributed by atoms with Gasteiger partial charge in [-0.25, -0.2) is 0 Å². The zero-order chi connectivity index (χ0) is 15.3. The number of hydrogen-bond donors (Lipinski definition) is 2. The van der Waals surface area contributed by atoms with Crippen LogP contribution in [0.4, 0.5) is 0 Å². The van der Waals surface area contributed by atoms with Crippen LogP contribution >= 0.6 is 24.0 Å². The van der Waals surface area contributed by atoms with Gasteiger partial charge < -0.3 is 10.6 Å². The molecule has 0 spiro atoms. The van der Waals surface area contributed by atoms with Gasteiger partial charge >= 0.3 is 0 Å². The van der Waals surface area contributed by atoms with Gasteiger partial charge in [0.25, 0.3) is 0 Å². The van der Waals surface area contributed by atoms with E-state index in [4.69, 9.17) is 0 Å². The van der Waals surface area contributed by atoms with E-state index in [2.05, 4.69) is 20.5 Å². The molecule has 0 radical (unpaired) electrons. The van der Waals surface area contributed by atoms with E-state index in [0.717, 1.165) is 25.0 Å². The first-order chi connectivity index (χ1) is 10.8. The lowest BCUT2D eigenvalue weighted by Crippen LogP contribution is -2.59. The van der Waals surface area contributed by atoms with E-state index in [1.807, 2.05) is 7.05 Å². The lowest BCUT2D eigenvalue weighted by Gasteiger charge is -2.48. The average Bonchev–Trinajstić information content (AvgIpc) is 3.41. The predicted octanol–water partition coefficient (Wildman–Crippen LogP) is 3.37. The highest BCUT2D eigenvalue weighted by molar-refractivity contribution is 14.0. The van der Waals surface area contributed by atoms with Crippen LogP contribution in [0.2, 0.25) is 0 Å². The fourth-order valence-electron chi connectivity index (χ4n) is 4.21. The molecule has 0 bridgehead atoms. The van der Waals surface area contributed by atoms with E-state index in [-0.39, 0.29) is 24.0 Å². The summed E-state index contributed by atoms with van der Waals surface area (Å²) >= 11 is 0. The lowest BCUT2D eigenvalue weighted by atomic mass is 9.79. The minimum atomic E-state index is 0. The molecular weight excluding hydrogens is 399 g/mol. The maximum Gasteiger partial charge on any atom is 0.191 e. The van der Waals surface area contributed by atoms with Crippen molar-refractivity contribution < 1.29 is 0 Å². The number of nitrogens with one attached hydrogen (secondary N) is 2. The van der Waals surface area contributed by atoms with E-state index in [1.54, 1.807) is 0 Å². The zero-order valence-corrected chi connectivity index (χ0v) is 17.1. The molecule has 3 rings (SSSR count). The van der Waals surface area contributed by atoms with Gasteiger partial charge in [-0.3, -0.25) is 9.89 Å². The SMILES string of the molecule is CN=C(NCC1CC1)NCC1(N2CCCCC2)CCCCC1.I. The standard InChI is InChI=1S/C18H34N4.HI/c1-19-17(20-14-16-8-9-16)21-15-18(10-4-2-5-11-18)22-12-6-3-7-13-22;/h16H,2-15H2,1H3,(H2,19,20,21);1H. The number of likely N-dealkylation sites (tertiary alicyclic amines) is 1. The Labute approximate surface area is 159 Å². The van der Waals surface area contributed by atoms with Crippen LogP contribution in [0.15, 0.2) is 4.99 Å². The van der Waals surface area contributed by atoms with E-state index < -0.39 is 0 Å². The summed E-state index contributed by atoms with van der Waals surface area (Å²) < 4.78 is 0. The number of hydrogen-bond acceptors (Lipinski definition) is 2. The Balaban J connectivity index is 0.00000192. The molecule has 5 heteroatoms. The normalized spacial score (nSPS) is 25.5. The van der Waals surface area contributed by atoms with Gasteiger partial charge in [0.2, 0.25) is 0 Å². The quantitative estimate of drug-likeness (QED) is 0.396. The minimum Gasteiger partial charge on any atom is -0.356 e. The third kappa shape index (κ3) is 5.48. The van der Waals surface area contributed by atoms with Crippen molar-refractivity contribution in [1.82, 2.24) is 15.5 Å². The Morgan fingerprint density at radius 3 is 2.26 bits per heavy atom. The molecule has 4 nitrogen and oxygen atoms in total. The molecular formula is C18H35IN4. The highest BCUT2D eigenvalue weighted by Crippen LogP contribution is 2.35. The molecule has 1 saturated heterocycles. The zero-order valence-electron chi connectivity index (χ0n) is 14.8. The first-order valence-corrected chi connectivity index (χ1v) is 9.52. The second-order valence-corrected chi connectivity index (χ2v) is 7.58. The van der Waals surface area contributed by atoms with Crippen molar-refractivity contribution in [3.8, 4) is 0 Å². The van der Waals surface area contributed by atoms with Gasteiger partial charge in [0.05, 0.1) is 0 Å². The predicted molar refractivity (Wildman–Crippen MR) is 109 cm³/mol. The highest BCUT2D eigenvalue weighted by Gasteiger charge is 2.38. The average molecular weight is 434 g/mol. The van der Waals surface area contributed by atoms with E-state index in [0.29, 0.717) is 5.54 Å². The molecule has 2 N–H and O–H groups in total. The number of piperidine rings is 1. The van der Waals surface area contributed by atoms with Crippen molar-refractivity contribution >= 4 is 29.9 Å². The molecule has 0 aromatic rings. The van der Waals surface area contributed by atoms with E-state index in [9.17, 15) is 0 Å². The van der Waals surface area contributed by atoms with Crippen LogP contribution in [0.5, 0.6) is 0 Å². The Morgan fingerprint density at radius 2 is 1.65 bits per heavy atom. The van der Waals surface area contributed by atoms with Crippen LogP contribution in [0.1, 0.15) is 64.2 Å². The third-order valence-corrected chi connectivity index (χ3v) is 5.87. The van der Waals surface area contributed by atoms with Crippen molar-refractivity contribution in [3.63, 3.8) is 0 Å². The van der Waals surface area contributed by atoms with Crippen LogP contribution < -0.4 is 10.6 Å². The Kier molecular flexibility index (Phi) is 7.92. The maximum atomic E-state index is 4.42. The van der Waals surface area contributed by atoms with Crippen LogP contribution in [-0.2, 0) is 0 Å². The summed E-state index contributed by atoms with van der Waals surface area (Å²) in [7, 11) is 1.90. The van der Waals surface area contributed by atoms with Crippen LogP contribution in [0.25, 0.3) is 0 Å². The van der Waals surface area contributed by atoms with Gasteiger partial charge in [-0.05, 0) is 57.5 Å². The lowest BCUT2D eigenvalue weighted by molar-refractivity contribution is 0.0368. The van der Waals surface area contributed by atoms with Crippen LogP contribution in [-0.4, -0.2) is 49.6 Å². The first-order valence-electron chi connectivity index (χ1n) is 9.52.